The molecule has 83 heavy (non-hydrogen) atoms. The average Bonchev–Trinajstić information content (AvgIpc) is 2.19. The number of nitrogens with one attached hydrogen (secondary N) is 4. The number of carbonyl (C=O) groups excluding carboxylic acids is 4. The van der Waals surface area contributed by atoms with Crippen molar-refractivity contribution < 1.29 is 32.3 Å². The number of nitrogens with zero attached hydrogens (tertiary/aromatic N) is 5. The highest BCUT2D eigenvalue weighted by Gasteiger charge is 2.67. The van der Waals surface area contributed by atoms with Gasteiger partial charge in [0.2, 0.25) is 5.91 Å². The molecule has 18 heteroatoms. The van der Waals surface area contributed by atoms with Crippen LogP contribution in [0.4, 0.5) is 17.1 Å². The fourth-order valence-electron chi connectivity index (χ4n) is 14.1. The molecule has 4 aliphatic carbocycles. The highest BCUT2D eigenvalue weighted by molar-refractivity contribution is 7.99. The first kappa shape index (κ1) is 58.7. The number of aryl methyl sites for hydroxylation is 1. The second kappa shape index (κ2) is 24.5. The number of rotatable bonds is 23. The van der Waals surface area contributed by atoms with Gasteiger partial charge in [-0.3, -0.25) is 33.9 Å². The Morgan fingerprint density at radius 3 is 2.22 bits per heavy atom. The number of ether oxygens (including phenoxy) is 1. The molecule has 0 spiro atoms. The van der Waals surface area contributed by atoms with E-state index >= 15 is 0 Å². The third kappa shape index (κ3) is 13.3. The van der Waals surface area contributed by atoms with Crippen LogP contribution < -0.4 is 25.6 Å². The normalized spacial score (nSPS) is 24.2. The van der Waals surface area contributed by atoms with Crippen LogP contribution in [0.1, 0.15) is 115 Å². The fourth-order valence-corrected chi connectivity index (χ4v) is 16.2. The highest BCUT2D eigenvalue weighted by Crippen LogP contribution is 2.77. The maximum absolute atomic E-state index is 13.7. The van der Waals surface area contributed by atoms with Crippen molar-refractivity contribution in [1.82, 2.24) is 29.6 Å². The highest BCUT2D eigenvalue weighted by atomic mass is 32.2. The molecule has 4 heterocycles. The van der Waals surface area contributed by atoms with Crippen LogP contribution in [0.3, 0.4) is 0 Å². The average molecular weight is 1170 g/mol. The van der Waals surface area contributed by atoms with E-state index in [0.717, 1.165) is 106 Å². The Bertz CT molecular complexity index is 3220. The van der Waals surface area contributed by atoms with Crippen molar-refractivity contribution >= 4 is 62.5 Å². The van der Waals surface area contributed by atoms with Gasteiger partial charge in [0.25, 0.3) is 27.7 Å². The number of hydrogen-bond donors (Lipinski definition) is 4. The van der Waals surface area contributed by atoms with Gasteiger partial charge in [-0.05, 0) is 153 Å². The third-order valence-electron chi connectivity index (χ3n) is 18.6. The predicted molar refractivity (Wildman–Crippen MR) is 329 cm³/mol. The first-order valence-electron chi connectivity index (χ1n) is 30.0. The summed E-state index contributed by atoms with van der Waals surface area (Å²) in [7, 11) is -4.16. The summed E-state index contributed by atoms with van der Waals surface area (Å²) in [5, 5.41) is 9.70. The molecule has 2 bridgehead atoms. The van der Waals surface area contributed by atoms with Crippen molar-refractivity contribution in [1.29, 1.82) is 0 Å². The Hall–Kier alpha value is -6.02. The van der Waals surface area contributed by atoms with Crippen LogP contribution in [0.5, 0.6) is 0 Å². The fraction of sp³-hybridized carbons (Fsp3) is 0.508. The Balaban J connectivity index is 0.616. The van der Waals surface area contributed by atoms with Crippen molar-refractivity contribution in [2.24, 2.45) is 16.2 Å². The van der Waals surface area contributed by atoms with Gasteiger partial charge < -0.3 is 30.5 Å². The lowest BCUT2D eigenvalue weighted by Gasteiger charge is -2.72. The van der Waals surface area contributed by atoms with Crippen LogP contribution in [0, 0.1) is 23.2 Å². The van der Waals surface area contributed by atoms with Gasteiger partial charge in [0.1, 0.15) is 6.04 Å². The molecule has 3 saturated heterocycles. The molecule has 442 valence electrons. The summed E-state index contributed by atoms with van der Waals surface area (Å²) in [4.78, 5) is 65.2. The molecule has 3 saturated carbocycles. The number of imide groups is 1. The SMILES string of the molecule is C=C1CCC(N2C(=O)c3cccc(NCCOCCN4CCN(CC[C@H](CSc5ccccc5)Nc5ccc(S(=O)(=O)NC(=O)c6ccc(N7CCN(CC8=C(C9%10CC(C)(C9)C%10)CC(C)(C)CC8)CC7)cc6)cc5C)CC4)c3C2=O)C(=O)N1. The molecule has 4 aromatic carbocycles. The molecule has 6 fully saturated rings. The van der Waals surface area contributed by atoms with E-state index in [4.69, 9.17) is 4.74 Å². The van der Waals surface area contributed by atoms with Crippen LogP contribution in [0.2, 0.25) is 0 Å². The molecule has 16 nitrogen and oxygen atoms in total. The van der Waals surface area contributed by atoms with Crippen molar-refractivity contribution in [2.75, 3.05) is 113 Å². The summed E-state index contributed by atoms with van der Waals surface area (Å²) >= 11 is 1.79. The third-order valence-corrected chi connectivity index (χ3v) is 21.1. The molecule has 2 atom stereocenters. The van der Waals surface area contributed by atoms with Crippen LogP contribution in [0.15, 0.2) is 124 Å². The monoisotopic (exact) mass is 1170 g/mol. The molecular formula is C65H83N9O7S2. The van der Waals surface area contributed by atoms with Crippen LogP contribution in [0.25, 0.3) is 0 Å². The van der Waals surface area contributed by atoms with Crippen molar-refractivity contribution in [3.63, 3.8) is 0 Å². The van der Waals surface area contributed by atoms with E-state index < -0.39 is 33.8 Å². The zero-order valence-electron chi connectivity index (χ0n) is 48.9. The Kier molecular flexibility index (Phi) is 17.4. The largest absolute Gasteiger partial charge is 0.382 e. The summed E-state index contributed by atoms with van der Waals surface area (Å²) in [6.45, 7) is 24.8. The van der Waals surface area contributed by atoms with E-state index in [0.29, 0.717) is 71.4 Å². The first-order valence-corrected chi connectivity index (χ1v) is 32.5. The first-order chi connectivity index (χ1) is 39.8. The molecular weight excluding hydrogens is 1080 g/mol. The number of carbonyl (C=O) groups is 4. The second-order valence-corrected chi connectivity index (χ2v) is 28.4. The zero-order valence-corrected chi connectivity index (χ0v) is 50.5. The molecule has 4 amide bonds. The van der Waals surface area contributed by atoms with E-state index in [2.05, 4.69) is 79.8 Å². The summed E-state index contributed by atoms with van der Waals surface area (Å²) < 4.78 is 35.8. The minimum atomic E-state index is -4.16. The van der Waals surface area contributed by atoms with E-state index in [1.165, 1.54) is 43.4 Å². The summed E-state index contributed by atoms with van der Waals surface area (Å²) in [6, 6.07) is 27.0. The maximum Gasteiger partial charge on any atom is 0.264 e. The molecule has 8 aliphatic rings. The number of piperazine rings is 2. The van der Waals surface area contributed by atoms with E-state index in [9.17, 15) is 27.6 Å². The van der Waals surface area contributed by atoms with Gasteiger partial charge in [-0.1, -0.05) is 62.8 Å². The van der Waals surface area contributed by atoms with Crippen LogP contribution in [-0.2, 0) is 19.6 Å². The Labute approximate surface area is 495 Å². The van der Waals surface area contributed by atoms with Gasteiger partial charge in [-0.2, -0.15) is 0 Å². The number of hydrogen-bond acceptors (Lipinski definition) is 14. The van der Waals surface area contributed by atoms with Crippen LogP contribution in [-0.4, -0.2) is 161 Å². The quantitative estimate of drug-likeness (QED) is 0.0240. The van der Waals surface area contributed by atoms with Gasteiger partial charge in [0.15, 0.2) is 0 Å². The van der Waals surface area contributed by atoms with Crippen molar-refractivity contribution in [3.8, 4) is 0 Å². The molecule has 0 aromatic heterocycles. The summed E-state index contributed by atoms with van der Waals surface area (Å²) in [6.07, 6.45) is 9.65. The lowest BCUT2D eigenvalue weighted by molar-refractivity contribution is -0.167. The lowest BCUT2D eigenvalue weighted by Crippen LogP contribution is -2.61. The number of amides is 4. The number of anilines is 3. The molecule has 4 N–H and O–H groups in total. The summed E-state index contributed by atoms with van der Waals surface area (Å²) in [5.41, 5.74) is 9.70. The minimum Gasteiger partial charge on any atom is -0.382 e. The maximum atomic E-state index is 13.7. The van der Waals surface area contributed by atoms with Crippen molar-refractivity contribution in [2.45, 2.75) is 107 Å². The molecule has 4 aliphatic heterocycles. The molecule has 0 radical (unpaired) electrons. The lowest BCUT2D eigenvalue weighted by atomic mass is 9.33. The smallest absolute Gasteiger partial charge is 0.264 e. The van der Waals surface area contributed by atoms with E-state index in [1.807, 2.05) is 48.9 Å². The second-order valence-electron chi connectivity index (χ2n) is 25.6. The topological polar surface area (TPSA) is 176 Å². The van der Waals surface area contributed by atoms with Gasteiger partial charge in [-0.25, -0.2) is 13.1 Å². The standard InChI is InChI=1S/C65H83N9O7S2/c1-45-38-52(83(79,80)69-59(75)47-15-17-50(18-16-47)73-33-31-72(32-34-73)40-48-22-24-63(3,4)39-54(48)65-42-64(5,43-65)44-65)19-20-55(45)68-49(41-82-51-10-7-6-8-11-51)23-26-70-27-29-71(30-28-70)35-37-81-36-25-66-56-13-9-12-53-58(56)62(78)74(61(53)77)57-21-14-46(2)67-60(57)76/h6-13,15-20,38,49,57,66,68H,2,14,21-37,39-44H2,1,3-5H3,(H,67,76)(H,69,75)/t49-,57?,64?,65?/m1/s1. The molecule has 1 unspecified atom stereocenters. The van der Waals surface area contributed by atoms with Gasteiger partial charge >= 0.3 is 0 Å². The number of thioether (sulfide) groups is 1. The molecule has 4 aromatic rings. The molecule has 12 rings (SSSR count). The Morgan fingerprint density at radius 2 is 1.52 bits per heavy atom. The zero-order chi connectivity index (χ0) is 58.1. The number of benzene rings is 4. The number of piperidine rings is 1. The number of fused-ring (bicyclic) bond motifs is 1. The van der Waals surface area contributed by atoms with E-state index in [1.54, 1.807) is 59.8 Å². The Morgan fingerprint density at radius 1 is 0.807 bits per heavy atom. The van der Waals surface area contributed by atoms with Crippen LogP contribution >= 0.6 is 11.8 Å². The van der Waals surface area contributed by atoms with Gasteiger partial charge in [0.05, 0.1) is 29.2 Å². The minimum absolute atomic E-state index is 0.0378. The predicted octanol–water partition coefficient (Wildman–Crippen LogP) is 9.03. The summed E-state index contributed by atoms with van der Waals surface area (Å²) in [5.74, 6) is -1.16. The van der Waals surface area contributed by atoms with Crippen molar-refractivity contribution in [3.05, 3.63) is 137 Å². The van der Waals surface area contributed by atoms with Gasteiger partial charge in [-0.15, -0.1) is 11.8 Å². The van der Waals surface area contributed by atoms with E-state index in [-0.39, 0.29) is 22.4 Å². The van der Waals surface area contributed by atoms with Gasteiger partial charge in [0, 0.05) is 124 Å². The number of sulfonamides is 1. The number of allylic oxidation sites excluding steroid dienone is 2.